The molecule has 0 bridgehead atoms. The number of hydrogen-bond donors (Lipinski definition) is 1. The van der Waals surface area contributed by atoms with Gasteiger partial charge >= 0.3 is 0 Å². The first-order valence-corrected chi connectivity index (χ1v) is 8.00. The normalized spacial score (nSPS) is 27.8. The molecule has 2 fully saturated rings. The van der Waals surface area contributed by atoms with Gasteiger partial charge in [-0.1, -0.05) is 39.5 Å². The summed E-state index contributed by atoms with van der Waals surface area (Å²) in [6, 6.07) is 0. The first kappa shape index (κ1) is 14.3. The predicted octanol–water partition coefficient (Wildman–Crippen LogP) is 4.06. The molecule has 0 aromatic carbocycles. The molecule has 1 unspecified atom stereocenters. The Morgan fingerprint density at radius 2 is 1.78 bits per heavy atom. The van der Waals surface area contributed by atoms with E-state index >= 15 is 0 Å². The predicted molar refractivity (Wildman–Crippen MR) is 74.6 cm³/mol. The average Bonchev–Trinajstić information content (AvgIpc) is 2.78. The number of ether oxygens (including phenoxy) is 1. The third kappa shape index (κ3) is 2.91. The van der Waals surface area contributed by atoms with E-state index in [-0.39, 0.29) is 5.60 Å². The molecule has 1 heterocycles. The minimum absolute atomic E-state index is 0.137. The first-order chi connectivity index (χ1) is 8.64. The van der Waals surface area contributed by atoms with E-state index in [1.165, 1.54) is 25.7 Å². The quantitative estimate of drug-likeness (QED) is 0.802. The summed E-state index contributed by atoms with van der Waals surface area (Å²) in [5, 5.41) is 11.0. The van der Waals surface area contributed by atoms with Crippen molar-refractivity contribution < 1.29 is 9.84 Å². The van der Waals surface area contributed by atoms with Gasteiger partial charge in [0.15, 0.2) is 0 Å². The van der Waals surface area contributed by atoms with Crippen LogP contribution in [0.5, 0.6) is 0 Å². The highest BCUT2D eigenvalue weighted by atomic mass is 16.5. The molecule has 1 saturated carbocycles. The van der Waals surface area contributed by atoms with Crippen LogP contribution >= 0.6 is 0 Å². The summed E-state index contributed by atoms with van der Waals surface area (Å²) < 4.78 is 6.10. The molecule has 2 aliphatic rings. The summed E-state index contributed by atoms with van der Waals surface area (Å²) in [5.41, 5.74) is -0.290. The average molecular weight is 254 g/mol. The molecule has 1 atom stereocenters. The van der Waals surface area contributed by atoms with E-state index in [0.29, 0.717) is 5.92 Å². The summed E-state index contributed by atoms with van der Waals surface area (Å²) in [7, 11) is 0. The third-order valence-electron chi connectivity index (χ3n) is 5.13. The van der Waals surface area contributed by atoms with Crippen LogP contribution in [0, 0.1) is 5.92 Å². The smallest absolute Gasteiger partial charge is 0.0686 e. The molecule has 18 heavy (non-hydrogen) atoms. The van der Waals surface area contributed by atoms with E-state index in [1.807, 2.05) is 0 Å². The molecular weight excluding hydrogens is 224 g/mol. The standard InChI is InChI=1S/C16H30O2/c1-3-8-16(17,9-4-2)14-7-12-18-15(13-14)10-5-6-11-15/h14,17H,3-13H2,1-2H3. The van der Waals surface area contributed by atoms with Gasteiger partial charge in [-0.15, -0.1) is 0 Å². The maximum Gasteiger partial charge on any atom is 0.0686 e. The van der Waals surface area contributed by atoms with Gasteiger partial charge in [-0.25, -0.2) is 0 Å². The topological polar surface area (TPSA) is 29.5 Å². The van der Waals surface area contributed by atoms with Crippen LogP contribution in [0.2, 0.25) is 0 Å². The molecule has 2 heteroatoms. The molecule has 1 N–H and O–H groups in total. The zero-order chi connectivity index (χ0) is 13.1. The van der Waals surface area contributed by atoms with Gasteiger partial charge < -0.3 is 9.84 Å². The summed E-state index contributed by atoms with van der Waals surface area (Å²) >= 11 is 0. The number of hydrogen-bond acceptors (Lipinski definition) is 2. The second-order valence-electron chi connectivity index (χ2n) is 6.53. The molecule has 0 amide bonds. The van der Waals surface area contributed by atoms with Gasteiger partial charge in [0.05, 0.1) is 11.2 Å². The summed E-state index contributed by atoms with van der Waals surface area (Å²) in [4.78, 5) is 0. The Bertz CT molecular complexity index is 250. The minimum Gasteiger partial charge on any atom is -0.390 e. The molecular formula is C16H30O2. The largest absolute Gasteiger partial charge is 0.390 e. The molecule has 1 aliphatic carbocycles. The molecule has 2 nitrogen and oxygen atoms in total. The summed E-state index contributed by atoms with van der Waals surface area (Å²) in [6.07, 6.45) is 11.3. The Morgan fingerprint density at radius 3 is 2.33 bits per heavy atom. The second-order valence-corrected chi connectivity index (χ2v) is 6.53. The van der Waals surface area contributed by atoms with Crippen LogP contribution in [0.15, 0.2) is 0 Å². The van der Waals surface area contributed by atoms with Gasteiger partial charge in [0.25, 0.3) is 0 Å². The minimum atomic E-state index is -0.428. The highest BCUT2D eigenvalue weighted by Crippen LogP contribution is 2.46. The summed E-state index contributed by atoms with van der Waals surface area (Å²) in [5.74, 6) is 0.462. The lowest BCUT2D eigenvalue weighted by atomic mass is 9.71. The Hall–Kier alpha value is -0.0800. The van der Waals surface area contributed by atoms with E-state index in [2.05, 4.69) is 13.8 Å². The van der Waals surface area contributed by atoms with E-state index in [9.17, 15) is 5.11 Å². The van der Waals surface area contributed by atoms with Crippen LogP contribution in [0.1, 0.15) is 78.1 Å². The van der Waals surface area contributed by atoms with Crippen LogP contribution in [0.3, 0.4) is 0 Å². The van der Waals surface area contributed by atoms with E-state index < -0.39 is 5.60 Å². The fraction of sp³-hybridized carbons (Fsp3) is 1.00. The third-order valence-corrected chi connectivity index (χ3v) is 5.13. The molecule has 1 saturated heterocycles. The summed E-state index contributed by atoms with van der Waals surface area (Å²) in [6.45, 7) is 5.23. The van der Waals surface area contributed by atoms with Crippen molar-refractivity contribution in [2.45, 2.75) is 89.3 Å². The van der Waals surface area contributed by atoms with Crippen molar-refractivity contribution in [2.24, 2.45) is 5.92 Å². The van der Waals surface area contributed by atoms with Gasteiger partial charge in [0, 0.05) is 6.61 Å². The fourth-order valence-corrected chi connectivity index (χ4v) is 4.25. The lowest BCUT2D eigenvalue weighted by Crippen LogP contribution is -2.47. The zero-order valence-electron chi connectivity index (χ0n) is 12.2. The van der Waals surface area contributed by atoms with E-state index in [0.717, 1.165) is 45.1 Å². The van der Waals surface area contributed by atoms with Crippen molar-refractivity contribution in [3.05, 3.63) is 0 Å². The van der Waals surface area contributed by atoms with Crippen molar-refractivity contribution in [3.63, 3.8) is 0 Å². The highest BCUT2D eigenvalue weighted by Gasteiger charge is 2.46. The molecule has 1 aliphatic heterocycles. The maximum absolute atomic E-state index is 11.0. The lowest BCUT2D eigenvalue weighted by molar-refractivity contribution is -0.145. The van der Waals surface area contributed by atoms with Crippen LogP contribution in [0.25, 0.3) is 0 Å². The zero-order valence-corrected chi connectivity index (χ0v) is 12.2. The monoisotopic (exact) mass is 254 g/mol. The Kier molecular flexibility index (Phi) is 4.71. The SMILES string of the molecule is CCCC(O)(CCC)C1CCOC2(CCCC2)C1. The lowest BCUT2D eigenvalue weighted by Gasteiger charge is -2.45. The Labute approximate surface area is 112 Å². The van der Waals surface area contributed by atoms with Gasteiger partial charge in [-0.3, -0.25) is 0 Å². The first-order valence-electron chi connectivity index (χ1n) is 8.00. The van der Waals surface area contributed by atoms with Crippen molar-refractivity contribution in [1.82, 2.24) is 0 Å². The van der Waals surface area contributed by atoms with Gasteiger partial charge in [-0.2, -0.15) is 0 Å². The van der Waals surface area contributed by atoms with Crippen LogP contribution in [-0.2, 0) is 4.74 Å². The molecule has 0 radical (unpaired) electrons. The molecule has 106 valence electrons. The Morgan fingerprint density at radius 1 is 1.17 bits per heavy atom. The number of aliphatic hydroxyl groups is 1. The van der Waals surface area contributed by atoms with Crippen molar-refractivity contribution >= 4 is 0 Å². The molecule has 2 rings (SSSR count). The van der Waals surface area contributed by atoms with Gasteiger partial charge in [0.1, 0.15) is 0 Å². The van der Waals surface area contributed by atoms with Crippen molar-refractivity contribution in [1.29, 1.82) is 0 Å². The van der Waals surface area contributed by atoms with Gasteiger partial charge in [0.2, 0.25) is 0 Å². The van der Waals surface area contributed by atoms with Gasteiger partial charge in [-0.05, 0) is 44.4 Å². The fourth-order valence-electron chi connectivity index (χ4n) is 4.25. The molecule has 0 aromatic heterocycles. The Balaban J connectivity index is 2.05. The highest BCUT2D eigenvalue weighted by molar-refractivity contribution is 4.97. The van der Waals surface area contributed by atoms with Crippen LogP contribution in [0.4, 0.5) is 0 Å². The molecule has 1 spiro atoms. The van der Waals surface area contributed by atoms with E-state index in [4.69, 9.17) is 4.74 Å². The van der Waals surface area contributed by atoms with Crippen molar-refractivity contribution in [3.8, 4) is 0 Å². The number of rotatable bonds is 5. The molecule has 0 aromatic rings. The maximum atomic E-state index is 11.0. The van der Waals surface area contributed by atoms with Crippen LogP contribution in [-0.4, -0.2) is 22.9 Å². The van der Waals surface area contributed by atoms with Crippen LogP contribution < -0.4 is 0 Å². The van der Waals surface area contributed by atoms with E-state index in [1.54, 1.807) is 0 Å². The second kappa shape index (κ2) is 5.92. The van der Waals surface area contributed by atoms with Crippen molar-refractivity contribution in [2.75, 3.05) is 6.61 Å².